The minimum Gasteiger partial charge on any atom is -0.311 e. The van der Waals surface area contributed by atoms with Crippen LogP contribution in [0.4, 0.5) is 17.3 Å². The van der Waals surface area contributed by atoms with Crippen molar-refractivity contribution in [2.75, 3.05) is 4.72 Å². The number of nitrogens with one attached hydrogen (secondary N) is 1. The Kier molecular flexibility index (Phi) is 5.45. The van der Waals surface area contributed by atoms with E-state index < -0.39 is 14.9 Å². The van der Waals surface area contributed by atoms with Crippen molar-refractivity contribution in [3.8, 4) is 0 Å². The molecule has 0 aliphatic rings. The Balaban J connectivity index is 1.74. The summed E-state index contributed by atoms with van der Waals surface area (Å²) in [5.41, 5.74) is 2.77. The lowest BCUT2D eigenvalue weighted by Crippen LogP contribution is -2.14. The number of imidazole rings is 1. The molecule has 1 N–H and O–H groups in total. The SMILES string of the molecule is Cc1ccc(S(=O)(=O)Nc2ccc([N+](=O)[O-])cc2/C=N/c2nc3ccccc3n2C)cc1. The van der Waals surface area contributed by atoms with Crippen molar-refractivity contribution in [2.24, 2.45) is 12.0 Å². The minimum absolute atomic E-state index is 0.0830. The number of hydrogen-bond acceptors (Lipinski definition) is 6. The van der Waals surface area contributed by atoms with E-state index in [9.17, 15) is 18.5 Å². The van der Waals surface area contributed by atoms with Crippen LogP contribution in [0.2, 0.25) is 0 Å². The van der Waals surface area contributed by atoms with Gasteiger partial charge >= 0.3 is 0 Å². The molecule has 4 rings (SSSR count). The van der Waals surface area contributed by atoms with E-state index in [2.05, 4.69) is 14.7 Å². The van der Waals surface area contributed by atoms with Crippen LogP contribution < -0.4 is 4.72 Å². The van der Waals surface area contributed by atoms with Crippen LogP contribution in [0.1, 0.15) is 11.1 Å². The molecule has 1 heterocycles. The lowest BCUT2D eigenvalue weighted by molar-refractivity contribution is -0.384. The molecule has 0 saturated carbocycles. The first-order valence-electron chi connectivity index (χ1n) is 9.58. The molecule has 32 heavy (non-hydrogen) atoms. The van der Waals surface area contributed by atoms with Crippen LogP contribution >= 0.6 is 0 Å². The highest BCUT2D eigenvalue weighted by Gasteiger charge is 2.18. The van der Waals surface area contributed by atoms with Crippen LogP contribution in [0.5, 0.6) is 0 Å². The molecule has 0 aliphatic heterocycles. The number of non-ortho nitro benzene ring substituents is 1. The standard InChI is InChI=1S/C22H19N5O4S/c1-15-7-10-18(11-8-15)32(30,31)25-19-12-9-17(27(28)29)13-16(19)14-23-22-24-20-5-3-4-6-21(20)26(22)2/h3-14,25H,1-2H3/b23-14+. The molecule has 3 aromatic carbocycles. The second kappa shape index (κ2) is 8.23. The number of sulfonamides is 1. The van der Waals surface area contributed by atoms with Crippen molar-refractivity contribution in [3.63, 3.8) is 0 Å². The molecule has 0 bridgehead atoms. The van der Waals surface area contributed by atoms with Gasteiger partial charge in [0.15, 0.2) is 0 Å². The predicted octanol–water partition coefficient (Wildman–Crippen LogP) is 4.34. The fourth-order valence-electron chi connectivity index (χ4n) is 3.16. The molecule has 0 amide bonds. The Morgan fingerprint density at radius 1 is 1.09 bits per heavy atom. The lowest BCUT2D eigenvalue weighted by Gasteiger charge is -2.11. The number of nitro benzene ring substituents is 1. The van der Waals surface area contributed by atoms with E-state index in [1.807, 2.05) is 31.2 Å². The van der Waals surface area contributed by atoms with Crippen molar-refractivity contribution >= 4 is 44.6 Å². The van der Waals surface area contributed by atoms with Gasteiger partial charge in [0.2, 0.25) is 5.95 Å². The summed E-state index contributed by atoms with van der Waals surface area (Å²) < 4.78 is 29.9. The summed E-state index contributed by atoms with van der Waals surface area (Å²) in [4.78, 5) is 19.6. The zero-order valence-corrected chi connectivity index (χ0v) is 18.1. The van der Waals surface area contributed by atoms with Crippen molar-refractivity contribution in [2.45, 2.75) is 11.8 Å². The molecular weight excluding hydrogens is 430 g/mol. The maximum Gasteiger partial charge on any atom is 0.270 e. The van der Waals surface area contributed by atoms with Gasteiger partial charge in [0.1, 0.15) is 0 Å². The molecule has 0 radical (unpaired) electrons. The number of benzene rings is 3. The average molecular weight is 449 g/mol. The molecule has 0 unspecified atom stereocenters. The molecule has 10 heteroatoms. The van der Waals surface area contributed by atoms with E-state index in [1.54, 1.807) is 23.7 Å². The first-order valence-corrected chi connectivity index (χ1v) is 11.1. The molecule has 0 atom stereocenters. The van der Waals surface area contributed by atoms with E-state index in [0.29, 0.717) is 5.95 Å². The third-order valence-electron chi connectivity index (χ3n) is 4.90. The van der Waals surface area contributed by atoms with Crippen LogP contribution in [0, 0.1) is 17.0 Å². The van der Waals surface area contributed by atoms with Gasteiger partial charge in [0.25, 0.3) is 15.7 Å². The minimum atomic E-state index is -3.90. The number of para-hydroxylation sites is 2. The first-order chi connectivity index (χ1) is 15.2. The van der Waals surface area contributed by atoms with Crippen LogP contribution in [0.3, 0.4) is 0 Å². The summed E-state index contributed by atoms with van der Waals surface area (Å²) in [6.07, 6.45) is 1.36. The lowest BCUT2D eigenvalue weighted by atomic mass is 10.2. The number of nitro groups is 1. The topological polar surface area (TPSA) is 119 Å². The monoisotopic (exact) mass is 449 g/mol. The van der Waals surface area contributed by atoms with E-state index in [4.69, 9.17) is 0 Å². The summed E-state index contributed by atoms with van der Waals surface area (Å²) in [6.45, 7) is 1.86. The van der Waals surface area contributed by atoms with Crippen molar-refractivity contribution in [1.82, 2.24) is 9.55 Å². The molecule has 0 fully saturated rings. The Hall–Kier alpha value is -4.05. The highest BCUT2D eigenvalue weighted by atomic mass is 32.2. The summed E-state index contributed by atoms with van der Waals surface area (Å²) in [5, 5.41) is 11.3. The molecule has 4 aromatic rings. The molecule has 162 valence electrons. The summed E-state index contributed by atoms with van der Waals surface area (Å²) in [5.74, 6) is 0.380. The number of rotatable bonds is 6. The van der Waals surface area contributed by atoms with Crippen LogP contribution in [-0.4, -0.2) is 29.1 Å². The fourth-order valence-corrected chi connectivity index (χ4v) is 4.25. The number of anilines is 1. The second-order valence-electron chi connectivity index (χ2n) is 7.16. The number of aliphatic imine (C=N–C) groups is 1. The van der Waals surface area contributed by atoms with Crippen LogP contribution in [-0.2, 0) is 17.1 Å². The molecule has 9 nitrogen and oxygen atoms in total. The van der Waals surface area contributed by atoms with E-state index in [0.717, 1.165) is 16.6 Å². The van der Waals surface area contributed by atoms with Crippen molar-refractivity contribution < 1.29 is 13.3 Å². The molecule has 0 spiro atoms. The highest BCUT2D eigenvalue weighted by Crippen LogP contribution is 2.25. The van der Waals surface area contributed by atoms with E-state index in [-0.39, 0.29) is 21.8 Å². The maximum atomic E-state index is 12.8. The Morgan fingerprint density at radius 3 is 2.50 bits per heavy atom. The van der Waals surface area contributed by atoms with Gasteiger partial charge in [-0.3, -0.25) is 14.8 Å². The summed E-state index contributed by atoms with van der Waals surface area (Å²) >= 11 is 0. The molecule has 0 saturated heterocycles. The number of aryl methyl sites for hydroxylation is 2. The van der Waals surface area contributed by atoms with Gasteiger partial charge in [-0.1, -0.05) is 29.8 Å². The normalized spacial score (nSPS) is 11.8. The maximum absolute atomic E-state index is 12.8. The quantitative estimate of drug-likeness (QED) is 0.267. The van der Waals surface area contributed by atoms with Gasteiger partial charge in [-0.25, -0.2) is 18.4 Å². The van der Waals surface area contributed by atoms with Gasteiger partial charge in [-0.2, -0.15) is 0 Å². The molecular formula is C22H19N5O4S. The zero-order valence-electron chi connectivity index (χ0n) is 17.3. The van der Waals surface area contributed by atoms with E-state index >= 15 is 0 Å². The average Bonchev–Trinajstić information content (AvgIpc) is 3.09. The van der Waals surface area contributed by atoms with Gasteiger partial charge in [-0.05, 0) is 37.3 Å². The third-order valence-corrected chi connectivity index (χ3v) is 6.29. The summed E-state index contributed by atoms with van der Waals surface area (Å²) in [7, 11) is -2.10. The number of hydrogen-bond donors (Lipinski definition) is 1. The van der Waals surface area contributed by atoms with E-state index in [1.165, 1.54) is 36.5 Å². The predicted molar refractivity (Wildman–Crippen MR) is 123 cm³/mol. The largest absolute Gasteiger partial charge is 0.311 e. The Labute approximate surface area is 184 Å². The first kappa shape index (κ1) is 21.2. The molecule has 1 aromatic heterocycles. The highest BCUT2D eigenvalue weighted by molar-refractivity contribution is 7.92. The van der Waals surface area contributed by atoms with Gasteiger partial charge in [0, 0.05) is 31.0 Å². The smallest absolute Gasteiger partial charge is 0.270 e. The number of aromatic nitrogens is 2. The zero-order chi connectivity index (χ0) is 22.9. The summed E-state index contributed by atoms with van der Waals surface area (Å²) in [6, 6.07) is 17.7. The van der Waals surface area contributed by atoms with Gasteiger partial charge in [-0.15, -0.1) is 0 Å². The fraction of sp³-hybridized carbons (Fsp3) is 0.0909. The van der Waals surface area contributed by atoms with Crippen molar-refractivity contribution in [1.29, 1.82) is 0 Å². The number of nitrogens with zero attached hydrogens (tertiary/aromatic N) is 4. The molecule has 0 aliphatic carbocycles. The number of fused-ring (bicyclic) bond motifs is 1. The Morgan fingerprint density at radius 2 is 1.81 bits per heavy atom. The van der Waals surface area contributed by atoms with Crippen molar-refractivity contribution in [3.05, 3.63) is 88.0 Å². The van der Waals surface area contributed by atoms with Crippen LogP contribution in [0.25, 0.3) is 11.0 Å². The van der Waals surface area contributed by atoms with Gasteiger partial charge < -0.3 is 4.57 Å². The Bertz CT molecular complexity index is 1460. The van der Waals surface area contributed by atoms with Crippen LogP contribution in [0.15, 0.2) is 76.6 Å². The van der Waals surface area contributed by atoms with Gasteiger partial charge in [0.05, 0.1) is 26.5 Å². The third kappa shape index (κ3) is 4.21. The second-order valence-corrected chi connectivity index (χ2v) is 8.85.